The molecule has 0 spiro atoms. The van der Waals surface area contributed by atoms with E-state index < -0.39 is 0 Å². The number of benzene rings is 2. The summed E-state index contributed by atoms with van der Waals surface area (Å²) in [5, 5.41) is 0. The molecule has 0 radical (unpaired) electrons. The second-order valence-corrected chi connectivity index (χ2v) is 11.3. The zero-order valence-corrected chi connectivity index (χ0v) is 25.0. The first-order valence-electron chi connectivity index (χ1n) is 13.4. The van der Waals surface area contributed by atoms with E-state index in [9.17, 15) is 0 Å². The quantitative estimate of drug-likeness (QED) is 0.351. The monoisotopic (exact) mass is 532 g/mol. The van der Waals surface area contributed by atoms with Gasteiger partial charge < -0.3 is 9.80 Å². The van der Waals surface area contributed by atoms with Crippen molar-refractivity contribution in [3.05, 3.63) is 58.7 Å². The van der Waals surface area contributed by atoms with Crippen molar-refractivity contribution < 1.29 is 16.5 Å². The van der Waals surface area contributed by atoms with Crippen molar-refractivity contribution in [3.8, 4) is 0 Å². The van der Waals surface area contributed by atoms with Crippen LogP contribution in [0.2, 0.25) is 0 Å². The number of likely N-dealkylation sites (N-methyl/N-ethyl adjacent to an activating group) is 2. The maximum Gasteiger partial charge on any atom is 0.172 e. The summed E-state index contributed by atoms with van der Waals surface area (Å²) in [4.78, 5) is 15.5. The maximum absolute atomic E-state index is 5.45. The summed E-state index contributed by atoms with van der Waals surface area (Å²) in [5.74, 6) is 3.53. The van der Waals surface area contributed by atoms with Gasteiger partial charge in [0.2, 0.25) is 0 Å². The molecule has 0 amide bonds. The van der Waals surface area contributed by atoms with Crippen LogP contribution in [0.3, 0.4) is 0 Å². The fourth-order valence-electron chi connectivity index (χ4n) is 4.86. The van der Waals surface area contributed by atoms with Gasteiger partial charge in [0.05, 0.1) is 11.4 Å². The second kappa shape index (κ2) is 12.9. The molecule has 3 rings (SSSR count). The number of hydrogen-bond donors (Lipinski definition) is 0. The summed E-state index contributed by atoms with van der Waals surface area (Å²) >= 11 is 0. The van der Waals surface area contributed by atoms with Gasteiger partial charge in [-0.1, -0.05) is 91.8 Å². The van der Waals surface area contributed by atoms with E-state index in [1.54, 1.807) is 0 Å². The molecule has 0 aliphatic carbocycles. The Hall–Kier alpha value is -2.13. The fourth-order valence-corrected chi connectivity index (χ4v) is 4.86. The van der Waals surface area contributed by atoms with Crippen LogP contribution in [0, 0.1) is 0 Å². The Labute approximate surface area is 230 Å². The van der Waals surface area contributed by atoms with Gasteiger partial charge in [0, 0.05) is 43.7 Å². The second-order valence-electron chi connectivity index (χ2n) is 11.3. The first kappa shape index (κ1) is 30.1. The summed E-state index contributed by atoms with van der Waals surface area (Å²) in [7, 11) is 4.33. The van der Waals surface area contributed by atoms with E-state index in [-0.39, 0.29) is 16.5 Å². The van der Waals surface area contributed by atoms with E-state index in [2.05, 4.69) is 116 Å². The first-order valence-corrected chi connectivity index (χ1v) is 13.4. The van der Waals surface area contributed by atoms with Gasteiger partial charge in [-0.3, -0.25) is 0 Å². The minimum absolute atomic E-state index is 0. The molecule has 1 aliphatic rings. The third-order valence-electron chi connectivity index (χ3n) is 7.03. The molecule has 0 saturated carbocycles. The predicted octanol–water partition coefficient (Wildman–Crippen LogP) is 8.21. The molecule has 4 nitrogen and oxygen atoms in total. The Morgan fingerprint density at radius 3 is 1.08 bits per heavy atom. The molecule has 36 heavy (non-hydrogen) atoms. The third-order valence-corrected chi connectivity index (χ3v) is 7.03. The standard InChI is InChI=1S/C31H46N4.Ni/c1-20(2)24-14-11-15-25(21(3)4)28(24)32-30-31(35(10)19-13-18-34(30)9)33-29-26(22(5)6)16-12-17-27(29)23(7)8;/h11-12,14-17,20-23H,13,18-19H2,1-10H3;. The van der Waals surface area contributed by atoms with Crippen LogP contribution in [0.1, 0.15) is 108 Å². The summed E-state index contributed by atoms with van der Waals surface area (Å²) in [6.07, 6.45) is 1.08. The van der Waals surface area contributed by atoms with Crippen LogP contribution in [-0.2, 0) is 16.5 Å². The van der Waals surface area contributed by atoms with E-state index in [1.165, 1.54) is 22.3 Å². The Balaban J connectivity index is 0.00000456. The molecular weight excluding hydrogens is 487 g/mol. The SMILES string of the molecule is CC(C)c1cccc(C(C)C)c1N=C1C(=Nc2c(C(C)C)cccc2C(C)C)N(C)CCCN1C.[Ni]. The summed E-state index contributed by atoms with van der Waals surface area (Å²) in [5.41, 5.74) is 7.43. The molecule has 1 aliphatic heterocycles. The number of hydrogen-bond acceptors (Lipinski definition) is 2. The molecule has 1 heterocycles. The van der Waals surface area contributed by atoms with Crippen LogP contribution < -0.4 is 0 Å². The summed E-state index contributed by atoms with van der Waals surface area (Å²) in [6, 6.07) is 13.3. The van der Waals surface area contributed by atoms with E-state index in [0.29, 0.717) is 23.7 Å². The van der Waals surface area contributed by atoms with Gasteiger partial charge in [0.25, 0.3) is 0 Å². The average molecular weight is 533 g/mol. The van der Waals surface area contributed by atoms with Crippen molar-refractivity contribution in [1.29, 1.82) is 0 Å². The molecule has 2 aromatic carbocycles. The molecule has 200 valence electrons. The number of para-hydroxylation sites is 2. The third kappa shape index (κ3) is 6.59. The van der Waals surface area contributed by atoms with Gasteiger partial charge in [-0.05, 0) is 52.3 Å². The van der Waals surface area contributed by atoms with Gasteiger partial charge in [-0.25, -0.2) is 9.98 Å². The first-order chi connectivity index (χ1) is 16.5. The maximum atomic E-state index is 5.45. The molecule has 0 unspecified atom stereocenters. The minimum Gasteiger partial charge on any atom is -0.357 e. The molecule has 1 fully saturated rings. The van der Waals surface area contributed by atoms with Crippen LogP contribution in [0.25, 0.3) is 0 Å². The molecule has 0 bridgehead atoms. The van der Waals surface area contributed by atoms with Crippen LogP contribution in [-0.4, -0.2) is 48.7 Å². The number of nitrogens with zero attached hydrogens (tertiary/aromatic N) is 4. The molecule has 0 aromatic heterocycles. The molecule has 0 N–H and O–H groups in total. The average Bonchev–Trinajstić information content (AvgIpc) is 2.92. The molecule has 1 saturated heterocycles. The number of rotatable bonds is 6. The summed E-state index contributed by atoms with van der Waals surface area (Å²) < 4.78 is 0. The largest absolute Gasteiger partial charge is 0.357 e. The smallest absolute Gasteiger partial charge is 0.172 e. The molecule has 5 heteroatoms. The van der Waals surface area contributed by atoms with Crippen LogP contribution in [0.15, 0.2) is 46.4 Å². The van der Waals surface area contributed by atoms with Crippen LogP contribution in [0.5, 0.6) is 0 Å². The Bertz CT molecular complexity index is 944. The molecule has 2 aromatic rings. The topological polar surface area (TPSA) is 31.2 Å². The Kier molecular flexibility index (Phi) is 10.8. The van der Waals surface area contributed by atoms with Crippen molar-refractivity contribution in [3.63, 3.8) is 0 Å². The minimum atomic E-state index is 0. The number of amidine groups is 2. The van der Waals surface area contributed by atoms with Gasteiger partial charge >= 0.3 is 0 Å². The molecular formula is C31H46N4Ni. The van der Waals surface area contributed by atoms with E-state index in [1.807, 2.05) is 0 Å². The van der Waals surface area contributed by atoms with E-state index >= 15 is 0 Å². The van der Waals surface area contributed by atoms with Gasteiger partial charge in [-0.15, -0.1) is 0 Å². The normalized spacial score (nSPS) is 17.1. The van der Waals surface area contributed by atoms with Crippen molar-refractivity contribution in [1.82, 2.24) is 9.80 Å². The Morgan fingerprint density at radius 1 is 0.556 bits per heavy atom. The van der Waals surface area contributed by atoms with Gasteiger partial charge in [-0.2, -0.15) is 0 Å². The zero-order valence-electron chi connectivity index (χ0n) is 24.0. The van der Waals surface area contributed by atoms with Gasteiger partial charge in [0.15, 0.2) is 11.7 Å². The zero-order chi connectivity index (χ0) is 25.9. The molecule has 0 atom stereocenters. The van der Waals surface area contributed by atoms with Crippen LogP contribution >= 0.6 is 0 Å². The number of aliphatic imine (C=N–C) groups is 2. The summed E-state index contributed by atoms with van der Waals surface area (Å²) in [6.45, 7) is 20.0. The Morgan fingerprint density at radius 2 is 0.833 bits per heavy atom. The van der Waals surface area contributed by atoms with E-state index in [4.69, 9.17) is 9.98 Å². The van der Waals surface area contributed by atoms with Crippen LogP contribution in [0.4, 0.5) is 11.4 Å². The van der Waals surface area contributed by atoms with Crippen molar-refractivity contribution in [2.24, 2.45) is 9.98 Å². The fraction of sp³-hybridized carbons (Fsp3) is 0.548. The van der Waals surface area contributed by atoms with Crippen molar-refractivity contribution in [2.75, 3.05) is 27.2 Å². The predicted molar refractivity (Wildman–Crippen MR) is 153 cm³/mol. The van der Waals surface area contributed by atoms with Crippen molar-refractivity contribution in [2.45, 2.75) is 85.5 Å². The van der Waals surface area contributed by atoms with E-state index in [0.717, 1.165) is 42.6 Å². The van der Waals surface area contributed by atoms with Crippen molar-refractivity contribution >= 4 is 23.0 Å². The van der Waals surface area contributed by atoms with Gasteiger partial charge in [0.1, 0.15) is 0 Å².